The molecule has 2 aliphatic rings. The van der Waals surface area contributed by atoms with Crippen LogP contribution < -0.4 is 10.2 Å². The fourth-order valence-corrected chi connectivity index (χ4v) is 2.68. The molecule has 1 aliphatic heterocycles. The fourth-order valence-electron chi connectivity index (χ4n) is 2.68. The molecule has 1 aromatic heterocycles. The maximum absolute atomic E-state index is 9.22. The highest BCUT2D eigenvalue weighted by Gasteiger charge is 2.28. The van der Waals surface area contributed by atoms with Crippen LogP contribution in [0.25, 0.3) is 0 Å². The van der Waals surface area contributed by atoms with E-state index in [4.69, 9.17) is 0 Å². The second kappa shape index (κ2) is 5.54. The van der Waals surface area contributed by atoms with E-state index in [9.17, 15) is 5.26 Å². The summed E-state index contributed by atoms with van der Waals surface area (Å²) < 4.78 is 0. The summed E-state index contributed by atoms with van der Waals surface area (Å²) in [6, 6.07) is 4.50. The molecule has 1 saturated carbocycles. The van der Waals surface area contributed by atoms with Crippen molar-refractivity contribution in [1.82, 2.24) is 15.5 Å². The Morgan fingerprint density at radius 1 is 1.37 bits per heavy atom. The van der Waals surface area contributed by atoms with Crippen LogP contribution in [0.15, 0.2) is 12.3 Å². The average Bonchev–Trinajstić information content (AvgIpc) is 3.12. The minimum atomic E-state index is 0.521. The monoisotopic (exact) mass is 257 g/mol. The Labute approximate surface area is 113 Å². The lowest BCUT2D eigenvalue weighted by Gasteiger charge is -2.27. The summed E-state index contributed by atoms with van der Waals surface area (Å²) in [7, 11) is 0. The minimum absolute atomic E-state index is 0.521. The molecule has 0 spiro atoms. The van der Waals surface area contributed by atoms with E-state index in [-0.39, 0.29) is 0 Å². The topological polar surface area (TPSA) is 64.8 Å². The molecule has 5 heteroatoms. The number of aromatic nitrogens is 2. The van der Waals surface area contributed by atoms with Crippen molar-refractivity contribution < 1.29 is 0 Å². The van der Waals surface area contributed by atoms with Gasteiger partial charge in [0.2, 0.25) is 0 Å². The van der Waals surface area contributed by atoms with Crippen molar-refractivity contribution in [2.24, 2.45) is 5.92 Å². The van der Waals surface area contributed by atoms with Crippen molar-refractivity contribution in [1.29, 1.82) is 5.26 Å². The predicted molar refractivity (Wildman–Crippen MR) is 72.7 cm³/mol. The van der Waals surface area contributed by atoms with Crippen LogP contribution in [0.4, 0.5) is 5.82 Å². The summed E-state index contributed by atoms with van der Waals surface area (Å²) in [5.74, 6) is 1.53. The number of anilines is 1. The van der Waals surface area contributed by atoms with E-state index in [0.29, 0.717) is 11.6 Å². The Kier molecular flexibility index (Phi) is 3.60. The highest BCUT2D eigenvalue weighted by molar-refractivity contribution is 5.52. The Morgan fingerprint density at radius 3 is 2.95 bits per heavy atom. The maximum atomic E-state index is 9.22. The van der Waals surface area contributed by atoms with Crippen LogP contribution in [0, 0.1) is 17.2 Å². The van der Waals surface area contributed by atoms with Gasteiger partial charge in [0.05, 0.1) is 11.8 Å². The molecule has 0 amide bonds. The van der Waals surface area contributed by atoms with Gasteiger partial charge in [0, 0.05) is 19.1 Å². The van der Waals surface area contributed by atoms with Gasteiger partial charge in [0.15, 0.2) is 5.82 Å². The summed E-state index contributed by atoms with van der Waals surface area (Å²) in [5.41, 5.74) is 0.633. The Morgan fingerprint density at radius 2 is 2.26 bits per heavy atom. The van der Waals surface area contributed by atoms with Crippen molar-refractivity contribution in [3.8, 4) is 6.07 Å². The zero-order chi connectivity index (χ0) is 13.1. The third-order valence-electron chi connectivity index (χ3n) is 3.90. The van der Waals surface area contributed by atoms with E-state index in [1.54, 1.807) is 12.3 Å². The first-order chi connectivity index (χ1) is 9.36. The molecular formula is C14H19N5. The molecule has 0 radical (unpaired) electrons. The molecule has 1 atom stereocenters. The summed E-state index contributed by atoms with van der Waals surface area (Å²) in [4.78, 5) is 2.26. The first-order valence-corrected chi connectivity index (χ1v) is 7.07. The second-order valence-electron chi connectivity index (χ2n) is 5.52. The third kappa shape index (κ3) is 3.02. The minimum Gasteiger partial charge on any atom is -0.352 e. The van der Waals surface area contributed by atoms with Crippen LogP contribution in [-0.2, 0) is 0 Å². The summed E-state index contributed by atoms with van der Waals surface area (Å²) in [5, 5.41) is 20.9. The zero-order valence-corrected chi connectivity index (χ0v) is 11.0. The summed E-state index contributed by atoms with van der Waals surface area (Å²) in [6.07, 6.45) is 6.65. The normalized spacial score (nSPS) is 22.2. The van der Waals surface area contributed by atoms with Crippen molar-refractivity contribution in [3.63, 3.8) is 0 Å². The van der Waals surface area contributed by atoms with Gasteiger partial charge in [-0.05, 0) is 44.2 Å². The first kappa shape index (κ1) is 12.4. The molecule has 1 aromatic rings. The van der Waals surface area contributed by atoms with Gasteiger partial charge in [-0.2, -0.15) is 10.4 Å². The first-order valence-electron chi connectivity index (χ1n) is 7.07. The number of rotatable bonds is 5. The standard InChI is InChI=1S/C14H19N5/c15-8-12-5-7-17-18-14(12)19(9-11-3-4-11)10-13-2-1-6-16-13/h5,7,11,13,16H,1-4,6,9-10H2. The van der Waals surface area contributed by atoms with E-state index < -0.39 is 0 Å². The van der Waals surface area contributed by atoms with E-state index in [2.05, 4.69) is 26.5 Å². The molecule has 100 valence electrons. The highest BCUT2D eigenvalue weighted by atomic mass is 15.3. The number of nitrogens with zero attached hydrogens (tertiary/aromatic N) is 4. The molecule has 5 nitrogen and oxygen atoms in total. The van der Waals surface area contributed by atoms with Gasteiger partial charge in [0.1, 0.15) is 6.07 Å². The van der Waals surface area contributed by atoms with Gasteiger partial charge in [-0.15, -0.1) is 5.10 Å². The number of nitrogens with one attached hydrogen (secondary N) is 1. The average molecular weight is 257 g/mol. The van der Waals surface area contributed by atoms with E-state index in [0.717, 1.165) is 31.4 Å². The van der Waals surface area contributed by atoms with E-state index >= 15 is 0 Å². The van der Waals surface area contributed by atoms with E-state index in [1.165, 1.54) is 25.7 Å². The van der Waals surface area contributed by atoms with Crippen molar-refractivity contribution in [2.45, 2.75) is 31.7 Å². The van der Waals surface area contributed by atoms with Crippen LogP contribution in [0.1, 0.15) is 31.2 Å². The lowest BCUT2D eigenvalue weighted by Crippen LogP contribution is -2.39. The lowest BCUT2D eigenvalue weighted by molar-refractivity contribution is 0.565. The molecule has 1 aliphatic carbocycles. The fraction of sp³-hybridized carbons (Fsp3) is 0.643. The van der Waals surface area contributed by atoms with Crippen LogP contribution in [-0.4, -0.2) is 35.9 Å². The molecule has 1 unspecified atom stereocenters. The van der Waals surface area contributed by atoms with Gasteiger partial charge in [-0.25, -0.2) is 0 Å². The van der Waals surface area contributed by atoms with Crippen molar-refractivity contribution >= 4 is 5.82 Å². The third-order valence-corrected chi connectivity index (χ3v) is 3.90. The molecule has 0 aromatic carbocycles. The maximum Gasteiger partial charge on any atom is 0.169 e. The molecule has 0 bridgehead atoms. The van der Waals surface area contributed by atoms with E-state index in [1.807, 2.05) is 0 Å². The molecular weight excluding hydrogens is 238 g/mol. The smallest absolute Gasteiger partial charge is 0.169 e. The van der Waals surface area contributed by atoms with Crippen LogP contribution in [0.2, 0.25) is 0 Å². The van der Waals surface area contributed by atoms with Crippen LogP contribution in [0.5, 0.6) is 0 Å². The Bertz CT molecular complexity index is 471. The van der Waals surface area contributed by atoms with Crippen LogP contribution >= 0.6 is 0 Å². The molecule has 1 N–H and O–H groups in total. The van der Waals surface area contributed by atoms with Crippen LogP contribution in [0.3, 0.4) is 0 Å². The Balaban J connectivity index is 1.78. The quantitative estimate of drug-likeness (QED) is 0.861. The van der Waals surface area contributed by atoms with Gasteiger partial charge < -0.3 is 10.2 Å². The van der Waals surface area contributed by atoms with Crippen molar-refractivity contribution in [3.05, 3.63) is 17.8 Å². The number of nitriles is 1. The Hall–Kier alpha value is -1.67. The molecule has 2 fully saturated rings. The van der Waals surface area contributed by atoms with Gasteiger partial charge >= 0.3 is 0 Å². The summed E-state index contributed by atoms with van der Waals surface area (Å²) in [6.45, 7) is 3.04. The number of hydrogen-bond donors (Lipinski definition) is 1. The van der Waals surface area contributed by atoms with Gasteiger partial charge in [-0.1, -0.05) is 0 Å². The zero-order valence-electron chi connectivity index (χ0n) is 11.0. The number of hydrogen-bond acceptors (Lipinski definition) is 5. The predicted octanol–water partition coefficient (Wildman–Crippen LogP) is 1.32. The van der Waals surface area contributed by atoms with Crippen molar-refractivity contribution in [2.75, 3.05) is 24.5 Å². The molecule has 1 saturated heterocycles. The largest absolute Gasteiger partial charge is 0.352 e. The lowest BCUT2D eigenvalue weighted by atomic mass is 10.2. The van der Waals surface area contributed by atoms with Gasteiger partial charge in [0.25, 0.3) is 0 Å². The highest BCUT2D eigenvalue weighted by Crippen LogP contribution is 2.31. The summed E-state index contributed by atoms with van der Waals surface area (Å²) >= 11 is 0. The van der Waals surface area contributed by atoms with Gasteiger partial charge in [-0.3, -0.25) is 0 Å². The SMILES string of the molecule is N#Cc1ccnnc1N(CC1CC1)CC1CCCN1. The second-order valence-corrected chi connectivity index (χ2v) is 5.52. The molecule has 19 heavy (non-hydrogen) atoms. The molecule has 2 heterocycles. The molecule has 3 rings (SSSR count).